The molecule has 0 aliphatic rings. The SMILES string of the molecule is CCCSCC(NC)c1cccnc1. The molecule has 1 unspecified atom stereocenters. The van der Waals surface area contributed by atoms with Crippen LogP contribution in [0.2, 0.25) is 0 Å². The number of nitrogens with zero attached hydrogens (tertiary/aromatic N) is 1. The fourth-order valence-corrected chi connectivity index (χ4v) is 2.32. The molecular formula is C11H18N2S. The number of hydrogen-bond acceptors (Lipinski definition) is 3. The Hall–Kier alpha value is -0.540. The van der Waals surface area contributed by atoms with E-state index in [-0.39, 0.29) is 0 Å². The summed E-state index contributed by atoms with van der Waals surface area (Å²) in [5.74, 6) is 2.36. The monoisotopic (exact) mass is 210 g/mol. The maximum Gasteiger partial charge on any atom is 0.0424 e. The van der Waals surface area contributed by atoms with Crippen LogP contribution in [0.5, 0.6) is 0 Å². The fraction of sp³-hybridized carbons (Fsp3) is 0.545. The Labute approximate surface area is 90.5 Å². The van der Waals surface area contributed by atoms with Gasteiger partial charge in [-0.3, -0.25) is 4.98 Å². The van der Waals surface area contributed by atoms with Gasteiger partial charge in [-0.2, -0.15) is 11.8 Å². The molecule has 0 aliphatic carbocycles. The Morgan fingerprint density at radius 2 is 2.43 bits per heavy atom. The Bertz CT molecular complexity index is 238. The third-order valence-electron chi connectivity index (χ3n) is 2.07. The van der Waals surface area contributed by atoms with E-state index in [1.807, 2.05) is 37.3 Å². The van der Waals surface area contributed by atoms with Crippen LogP contribution in [0.15, 0.2) is 24.5 Å². The molecule has 2 nitrogen and oxygen atoms in total. The van der Waals surface area contributed by atoms with E-state index in [4.69, 9.17) is 0 Å². The molecule has 0 saturated carbocycles. The number of pyridine rings is 1. The van der Waals surface area contributed by atoms with Crippen LogP contribution in [0.1, 0.15) is 24.9 Å². The number of hydrogen-bond donors (Lipinski definition) is 1. The predicted octanol–water partition coefficient (Wildman–Crippen LogP) is 2.49. The Morgan fingerprint density at radius 3 is 3.00 bits per heavy atom. The smallest absolute Gasteiger partial charge is 0.0424 e. The molecule has 0 saturated heterocycles. The summed E-state index contributed by atoms with van der Waals surface area (Å²) in [6.07, 6.45) is 5.00. The van der Waals surface area contributed by atoms with Gasteiger partial charge in [-0.05, 0) is 30.9 Å². The highest BCUT2D eigenvalue weighted by Gasteiger charge is 2.07. The van der Waals surface area contributed by atoms with Crippen LogP contribution in [0.4, 0.5) is 0 Å². The third kappa shape index (κ3) is 3.68. The van der Waals surface area contributed by atoms with Crippen molar-refractivity contribution in [1.82, 2.24) is 10.3 Å². The van der Waals surface area contributed by atoms with Gasteiger partial charge in [0.15, 0.2) is 0 Å². The van der Waals surface area contributed by atoms with Crippen molar-refractivity contribution in [2.75, 3.05) is 18.6 Å². The molecule has 78 valence electrons. The van der Waals surface area contributed by atoms with Crippen LogP contribution in [-0.2, 0) is 0 Å². The summed E-state index contributed by atoms with van der Waals surface area (Å²) in [6.45, 7) is 2.21. The van der Waals surface area contributed by atoms with Gasteiger partial charge in [-0.15, -0.1) is 0 Å². The highest BCUT2D eigenvalue weighted by atomic mass is 32.2. The molecule has 3 heteroatoms. The zero-order chi connectivity index (χ0) is 10.2. The molecule has 1 rings (SSSR count). The summed E-state index contributed by atoms with van der Waals surface area (Å²) in [7, 11) is 2.00. The first kappa shape index (κ1) is 11.5. The highest BCUT2D eigenvalue weighted by molar-refractivity contribution is 7.99. The third-order valence-corrected chi connectivity index (χ3v) is 3.33. The van der Waals surface area contributed by atoms with Gasteiger partial charge < -0.3 is 5.32 Å². The van der Waals surface area contributed by atoms with Crippen molar-refractivity contribution in [2.45, 2.75) is 19.4 Å². The molecular weight excluding hydrogens is 192 g/mol. The standard InChI is InChI=1S/C11H18N2S/c1-3-7-14-9-11(12-2)10-5-4-6-13-8-10/h4-6,8,11-12H,3,7,9H2,1-2H3. The first-order valence-electron chi connectivity index (χ1n) is 5.03. The van der Waals surface area contributed by atoms with Crippen LogP contribution >= 0.6 is 11.8 Å². The van der Waals surface area contributed by atoms with E-state index in [9.17, 15) is 0 Å². The van der Waals surface area contributed by atoms with E-state index < -0.39 is 0 Å². The molecule has 0 aliphatic heterocycles. The van der Waals surface area contributed by atoms with Gasteiger partial charge in [0.25, 0.3) is 0 Å². The first-order chi connectivity index (χ1) is 6.88. The minimum Gasteiger partial charge on any atom is -0.312 e. The van der Waals surface area contributed by atoms with Gasteiger partial charge in [0.2, 0.25) is 0 Å². The van der Waals surface area contributed by atoms with Gasteiger partial charge in [0, 0.05) is 24.2 Å². The molecule has 0 spiro atoms. The lowest BCUT2D eigenvalue weighted by Crippen LogP contribution is -2.18. The minimum atomic E-state index is 0.431. The highest BCUT2D eigenvalue weighted by Crippen LogP contribution is 2.17. The van der Waals surface area contributed by atoms with Gasteiger partial charge in [-0.25, -0.2) is 0 Å². The van der Waals surface area contributed by atoms with E-state index in [0.29, 0.717) is 6.04 Å². The van der Waals surface area contributed by atoms with E-state index in [0.717, 1.165) is 5.75 Å². The number of nitrogens with one attached hydrogen (secondary N) is 1. The second kappa shape index (κ2) is 6.85. The van der Waals surface area contributed by atoms with E-state index in [1.54, 1.807) is 0 Å². The normalized spacial score (nSPS) is 12.7. The summed E-state index contributed by atoms with van der Waals surface area (Å²) >= 11 is 1.99. The second-order valence-electron chi connectivity index (χ2n) is 3.20. The Morgan fingerprint density at radius 1 is 1.57 bits per heavy atom. The lowest BCUT2D eigenvalue weighted by molar-refractivity contribution is 0.659. The van der Waals surface area contributed by atoms with Crippen molar-refractivity contribution in [3.63, 3.8) is 0 Å². The van der Waals surface area contributed by atoms with Crippen LogP contribution < -0.4 is 5.32 Å². The lowest BCUT2D eigenvalue weighted by atomic mass is 10.1. The van der Waals surface area contributed by atoms with Crippen molar-refractivity contribution in [1.29, 1.82) is 0 Å². The summed E-state index contributed by atoms with van der Waals surface area (Å²) in [5.41, 5.74) is 1.28. The summed E-state index contributed by atoms with van der Waals surface area (Å²) < 4.78 is 0. The largest absolute Gasteiger partial charge is 0.312 e. The molecule has 14 heavy (non-hydrogen) atoms. The Balaban J connectivity index is 2.46. The molecule has 1 aromatic rings. The van der Waals surface area contributed by atoms with Crippen LogP contribution in [-0.4, -0.2) is 23.5 Å². The molecule has 0 aromatic carbocycles. The summed E-state index contributed by atoms with van der Waals surface area (Å²) in [6, 6.07) is 4.55. The van der Waals surface area contributed by atoms with E-state index in [1.165, 1.54) is 17.7 Å². The zero-order valence-electron chi connectivity index (χ0n) is 8.86. The van der Waals surface area contributed by atoms with Gasteiger partial charge in [-0.1, -0.05) is 13.0 Å². The zero-order valence-corrected chi connectivity index (χ0v) is 9.68. The average molecular weight is 210 g/mol. The van der Waals surface area contributed by atoms with Crippen molar-refractivity contribution in [2.24, 2.45) is 0 Å². The predicted molar refractivity (Wildman–Crippen MR) is 63.7 cm³/mol. The minimum absolute atomic E-state index is 0.431. The van der Waals surface area contributed by atoms with Gasteiger partial charge in [0.1, 0.15) is 0 Å². The van der Waals surface area contributed by atoms with Crippen molar-refractivity contribution < 1.29 is 0 Å². The van der Waals surface area contributed by atoms with E-state index >= 15 is 0 Å². The number of aromatic nitrogens is 1. The van der Waals surface area contributed by atoms with Crippen LogP contribution in [0.25, 0.3) is 0 Å². The molecule has 1 atom stereocenters. The molecule has 0 radical (unpaired) electrons. The van der Waals surface area contributed by atoms with Crippen molar-refractivity contribution >= 4 is 11.8 Å². The number of rotatable bonds is 6. The molecule has 1 aromatic heterocycles. The van der Waals surface area contributed by atoms with E-state index in [2.05, 4.69) is 23.3 Å². The van der Waals surface area contributed by atoms with Crippen LogP contribution in [0.3, 0.4) is 0 Å². The average Bonchev–Trinajstić information content (AvgIpc) is 2.26. The molecule has 1 N–H and O–H groups in total. The van der Waals surface area contributed by atoms with Gasteiger partial charge >= 0.3 is 0 Å². The first-order valence-corrected chi connectivity index (χ1v) is 6.19. The maximum atomic E-state index is 4.13. The summed E-state index contributed by atoms with van der Waals surface area (Å²) in [5, 5.41) is 3.32. The second-order valence-corrected chi connectivity index (χ2v) is 4.35. The summed E-state index contributed by atoms with van der Waals surface area (Å²) in [4.78, 5) is 4.13. The van der Waals surface area contributed by atoms with Gasteiger partial charge in [0.05, 0.1) is 0 Å². The quantitative estimate of drug-likeness (QED) is 0.730. The molecule has 0 fully saturated rings. The topological polar surface area (TPSA) is 24.9 Å². The molecule has 1 heterocycles. The number of thioether (sulfide) groups is 1. The maximum absolute atomic E-state index is 4.13. The van der Waals surface area contributed by atoms with Crippen LogP contribution in [0, 0.1) is 0 Å². The molecule has 0 amide bonds. The Kier molecular flexibility index (Phi) is 5.64. The van der Waals surface area contributed by atoms with Crippen molar-refractivity contribution in [3.05, 3.63) is 30.1 Å². The lowest BCUT2D eigenvalue weighted by Gasteiger charge is -2.15. The fourth-order valence-electron chi connectivity index (χ4n) is 1.27. The van der Waals surface area contributed by atoms with Crippen molar-refractivity contribution in [3.8, 4) is 0 Å². The molecule has 0 bridgehead atoms.